The molecule has 0 spiro atoms. The lowest BCUT2D eigenvalue weighted by molar-refractivity contribution is -0.154. The normalized spacial score (nSPS) is 11.5. The lowest BCUT2D eigenvalue weighted by Gasteiger charge is -2.14. The number of rotatable bonds is 6. The second-order valence-corrected chi connectivity index (χ2v) is 5.02. The summed E-state index contributed by atoms with van der Waals surface area (Å²) in [4.78, 5) is 34.7. The molecular formula is C16H22N2O4. The van der Waals surface area contributed by atoms with E-state index in [1.807, 2.05) is 32.0 Å². The van der Waals surface area contributed by atoms with Crippen LogP contribution in [0.4, 0.5) is 5.69 Å². The van der Waals surface area contributed by atoms with E-state index in [0.29, 0.717) is 0 Å². The van der Waals surface area contributed by atoms with Crippen molar-refractivity contribution in [2.45, 2.75) is 40.2 Å². The number of benzene rings is 1. The predicted octanol–water partition coefficient (Wildman–Crippen LogP) is 1.70. The number of anilines is 1. The Balaban J connectivity index is 2.49. The highest BCUT2D eigenvalue weighted by Gasteiger charge is 2.17. The zero-order valence-electron chi connectivity index (χ0n) is 13.4. The SMILES string of the molecule is CCC(=O)O[C@@H](C)C(=O)NCC(=O)Nc1c(C)cccc1C. The van der Waals surface area contributed by atoms with Gasteiger partial charge >= 0.3 is 5.97 Å². The standard InChI is InChI=1S/C16H22N2O4/c1-5-14(20)22-12(4)16(21)17-9-13(19)18-15-10(2)7-6-8-11(15)3/h6-8,12H,5,9H2,1-4H3,(H,17,21)(H,18,19)/t12-/m0/s1. The Bertz CT molecular complexity index is 549. The fraction of sp³-hybridized carbons (Fsp3) is 0.438. The Labute approximate surface area is 130 Å². The zero-order valence-corrected chi connectivity index (χ0v) is 13.4. The average molecular weight is 306 g/mol. The van der Waals surface area contributed by atoms with E-state index in [4.69, 9.17) is 4.74 Å². The van der Waals surface area contributed by atoms with E-state index in [1.165, 1.54) is 6.92 Å². The third-order valence-corrected chi connectivity index (χ3v) is 3.13. The van der Waals surface area contributed by atoms with Gasteiger partial charge in [0.2, 0.25) is 5.91 Å². The molecule has 0 aliphatic heterocycles. The van der Waals surface area contributed by atoms with Gasteiger partial charge in [-0.15, -0.1) is 0 Å². The van der Waals surface area contributed by atoms with Crippen LogP contribution in [0.1, 0.15) is 31.4 Å². The van der Waals surface area contributed by atoms with Crippen LogP contribution in [0.5, 0.6) is 0 Å². The van der Waals surface area contributed by atoms with Gasteiger partial charge in [-0.2, -0.15) is 0 Å². The topological polar surface area (TPSA) is 84.5 Å². The Morgan fingerprint density at radius 2 is 1.77 bits per heavy atom. The highest BCUT2D eigenvalue weighted by molar-refractivity contribution is 5.96. The fourth-order valence-corrected chi connectivity index (χ4v) is 1.84. The summed E-state index contributed by atoms with van der Waals surface area (Å²) in [7, 11) is 0. The van der Waals surface area contributed by atoms with Crippen molar-refractivity contribution in [1.29, 1.82) is 0 Å². The Morgan fingerprint density at radius 1 is 1.18 bits per heavy atom. The number of ether oxygens (including phenoxy) is 1. The summed E-state index contributed by atoms with van der Waals surface area (Å²) in [5.41, 5.74) is 2.64. The number of aryl methyl sites for hydroxylation is 2. The summed E-state index contributed by atoms with van der Waals surface area (Å²) in [6, 6.07) is 5.70. The monoisotopic (exact) mass is 306 g/mol. The highest BCUT2D eigenvalue weighted by Crippen LogP contribution is 2.18. The van der Waals surface area contributed by atoms with Crippen LogP contribution >= 0.6 is 0 Å². The number of amides is 2. The number of para-hydroxylation sites is 1. The molecule has 1 aromatic carbocycles. The van der Waals surface area contributed by atoms with Gasteiger partial charge in [-0.05, 0) is 31.9 Å². The van der Waals surface area contributed by atoms with Gasteiger partial charge in [-0.25, -0.2) is 0 Å². The lowest BCUT2D eigenvalue weighted by atomic mass is 10.1. The van der Waals surface area contributed by atoms with Gasteiger partial charge in [0.1, 0.15) is 0 Å². The van der Waals surface area contributed by atoms with Crippen molar-refractivity contribution in [3.63, 3.8) is 0 Å². The molecule has 0 saturated heterocycles. The molecule has 2 N–H and O–H groups in total. The quantitative estimate of drug-likeness (QED) is 0.783. The third kappa shape index (κ3) is 5.20. The number of carbonyl (C=O) groups is 3. The number of hydrogen-bond acceptors (Lipinski definition) is 4. The first-order chi connectivity index (χ1) is 10.3. The Kier molecular flexibility index (Phi) is 6.56. The minimum atomic E-state index is -0.916. The first kappa shape index (κ1) is 17.7. The van der Waals surface area contributed by atoms with E-state index in [9.17, 15) is 14.4 Å². The summed E-state index contributed by atoms with van der Waals surface area (Å²) >= 11 is 0. The van der Waals surface area contributed by atoms with E-state index >= 15 is 0 Å². The van der Waals surface area contributed by atoms with Crippen LogP contribution in [0.3, 0.4) is 0 Å². The highest BCUT2D eigenvalue weighted by atomic mass is 16.5. The van der Waals surface area contributed by atoms with Gasteiger partial charge in [0.25, 0.3) is 5.91 Å². The van der Waals surface area contributed by atoms with E-state index in [0.717, 1.165) is 16.8 Å². The first-order valence-corrected chi connectivity index (χ1v) is 7.18. The largest absolute Gasteiger partial charge is 0.453 e. The van der Waals surface area contributed by atoms with E-state index in [1.54, 1.807) is 6.92 Å². The summed E-state index contributed by atoms with van der Waals surface area (Å²) in [6.07, 6.45) is -0.717. The van der Waals surface area contributed by atoms with Gasteiger partial charge in [-0.3, -0.25) is 14.4 Å². The average Bonchev–Trinajstić information content (AvgIpc) is 2.48. The van der Waals surface area contributed by atoms with Crippen molar-refractivity contribution >= 4 is 23.5 Å². The van der Waals surface area contributed by atoms with Crippen LogP contribution in [-0.2, 0) is 19.1 Å². The van der Waals surface area contributed by atoms with Crippen molar-refractivity contribution in [2.75, 3.05) is 11.9 Å². The lowest BCUT2D eigenvalue weighted by Crippen LogP contribution is -2.40. The Morgan fingerprint density at radius 3 is 2.32 bits per heavy atom. The molecule has 22 heavy (non-hydrogen) atoms. The smallest absolute Gasteiger partial charge is 0.306 e. The maximum Gasteiger partial charge on any atom is 0.306 e. The van der Waals surface area contributed by atoms with Gasteiger partial charge < -0.3 is 15.4 Å². The molecule has 0 saturated carbocycles. The predicted molar refractivity (Wildman–Crippen MR) is 83.4 cm³/mol. The van der Waals surface area contributed by atoms with Crippen molar-refractivity contribution in [1.82, 2.24) is 5.32 Å². The summed E-state index contributed by atoms with van der Waals surface area (Å²) in [5, 5.41) is 5.21. The van der Waals surface area contributed by atoms with Crippen molar-refractivity contribution in [2.24, 2.45) is 0 Å². The molecule has 0 aliphatic rings. The van der Waals surface area contributed by atoms with Gasteiger partial charge in [0, 0.05) is 12.1 Å². The zero-order chi connectivity index (χ0) is 16.7. The van der Waals surface area contributed by atoms with E-state index < -0.39 is 18.0 Å². The van der Waals surface area contributed by atoms with Crippen LogP contribution in [0.25, 0.3) is 0 Å². The molecule has 0 aromatic heterocycles. The minimum Gasteiger partial charge on any atom is -0.453 e. The molecule has 6 heteroatoms. The second kappa shape index (κ2) is 8.17. The van der Waals surface area contributed by atoms with Crippen LogP contribution < -0.4 is 10.6 Å². The van der Waals surface area contributed by atoms with Crippen LogP contribution in [-0.4, -0.2) is 30.4 Å². The number of hydrogen-bond donors (Lipinski definition) is 2. The minimum absolute atomic E-state index is 0.180. The molecule has 0 aliphatic carbocycles. The molecule has 0 heterocycles. The molecule has 0 unspecified atom stereocenters. The van der Waals surface area contributed by atoms with Crippen molar-refractivity contribution < 1.29 is 19.1 Å². The molecule has 1 aromatic rings. The molecule has 120 valence electrons. The molecule has 2 amide bonds. The van der Waals surface area contributed by atoms with E-state index in [-0.39, 0.29) is 18.9 Å². The first-order valence-electron chi connectivity index (χ1n) is 7.18. The molecule has 0 fully saturated rings. The van der Waals surface area contributed by atoms with E-state index in [2.05, 4.69) is 10.6 Å². The van der Waals surface area contributed by atoms with Crippen molar-refractivity contribution in [3.05, 3.63) is 29.3 Å². The molecule has 0 bridgehead atoms. The van der Waals surface area contributed by atoms with Crippen LogP contribution in [0.15, 0.2) is 18.2 Å². The number of nitrogens with one attached hydrogen (secondary N) is 2. The maximum absolute atomic E-state index is 11.9. The number of carbonyl (C=O) groups excluding carboxylic acids is 3. The fourth-order valence-electron chi connectivity index (χ4n) is 1.84. The van der Waals surface area contributed by atoms with Crippen LogP contribution in [0, 0.1) is 13.8 Å². The molecule has 0 radical (unpaired) electrons. The van der Waals surface area contributed by atoms with Gasteiger partial charge in [0.05, 0.1) is 6.54 Å². The number of esters is 1. The summed E-state index contributed by atoms with van der Waals surface area (Å²) in [6.45, 7) is 6.72. The molecule has 6 nitrogen and oxygen atoms in total. The third-order valence-electron chi connectivity index (χ3n) is 3.13. The van der Waals surface area contributed by atoms with Crippen molar-refractivity contribution in [3.8, 4) is 0 Å². The van der Waals surface area contributed by atoms with Gasteiger partial charge in [0.15, 0.2) is 6.10 Å². The second-order valence-electron chi connectivity index (χ2n) is 5.02. The molecule has 1 rings (SSSR count). The summed E-state index contributed by atoms with van der Waals surface area (Å²) in [5.74, 6) is -1.29. The van der Waals surface area contributed by atoms with Crippen LogP contribution in [0.2, 0.25) is 0 Å². The molecule has 1 atom stereocenters. The Hall–Kier alpha value is -2.37. The summed E-state index contributed by atoms with van der Waals surface area (Å²) < 4.78 is 4.87. The molecular weight excluding hydrogens is 284 g/mol. The van der Waals surface area contributed by atoms with Gasteiger partial charge in [-0.1, -0.05) is 25.1 Å². The maximum atomic E-state index is 11.9.